The van der Waals surface area contributed by atoms with Gasteiger partial charge in [0.25, 0.3) is 0 Å². The minimum absolute atomic E-state index is 0.437. The molecular weight excluding hydrogens is 244 g/mol. The number of nitrogens with one attached hydrogen (secondary N) is 1. The van der Waals surface area contributed by atoms with E-state index < -0.39 is 0 Å². The van der Waals surface area contributed by atoms with E-state index in [0.29, 0.717) is 12.1 Å². The van der Waals surface area contributed by atoms with Gasteiger partial charge in [-0.2, -0.15) is 0 Å². The number of nitrogens with zero attached hydrogens (tertiary/aromatic N) is 1. The van der Waals surface area contributed by atoms with Gasteiger partial charge in [-0.25, -0.2) is 0 Å². The molecule has 1 saturated heterocycles. The molecule has 0 spiro atoms. The maximum Gasteiger partial charge on any atom is 0.0614 e. The van der Waals surface area contributed by atoms with Gasteiger partial charge >= 0.3 is 0 Å². The van der Waals surface area contributed by atoms with Crippen LogP contribution in [0, 0.1) is 0 Å². The summed E-state index contributed by atoms with van der Waals surface area (Å²) in [5.74, 6) is 0. The molecule has 2 aliphatic rings. The zero-order valence-electron chi connectivity index (χ0n) is 11.8. The van der Waals surface area contributed by atoms with Gasteiger partial charge in [0.2, 0.25) is 0 Å². The summed E-state index contributed by atoms with van der Waals surface area (Å²) in [7, 11) is 0. The fraction of sp³-hybridized carbons (Fsp3) is 0.333. The van der Waals surface area contributed by atoms with Gasteiger partial charge in [-0.05, 0) is 29.2 Å². The molecule has 4 rings (SSSR count). The number of rotatable bonds is 1. The second-order valence-electron chi connectivity index (χ2n) is 5.93. The smallest absolute Gasteiger partial charge is 0.0614 e. The van der Waals surface area contributed by atoms with Gasteiger partial charge in [0, 0.05) is 25.7 Å². The average Bonchev–Trinajstić information content (AvgIpc) is 2.82. The zero-order valence-corrected chi connectivity index (χ0v) is 11.8. The highest BCUT2D eigenvalue weighted by atomic mass is 15.2. The maximum absolute atomic E-state index is 3.54. The molecule has 2 heteroatoms. The van der Waals surface area contributed by atoms with Crippen LogP contribution in [0.15, 0.2) is 48.5 Å². The Morgan fingerprint density at radius 1 is 0.950 bits per heavy atom. The van der Waals surface area contributed by atoms with Crippen LogP contribution in [0.4, 0.5) is 0 Å². The monoisotopic (exact) mass is 264 g/mol. The molecule has 2 nitrogen and oxygen atoms in total. The molecule has 0 bridgehead atoms. The first-order chi connectivity index (χ1) is 9.84. The molecule has 102 valence electrons. The van der Waals surface area contributed by atoms with Crippen molar-refractivity contribution in [2.75, 3.05) is 19.6 Å². The average molecular weight is 264 g/mol. The fourth-order valence-corrected chi connectivity index (χ4v) is 3.72. The van der Waals surface area contributed by atoms with E-state index in [1.807, 2.05) is 0 Å². The summed E-state index contributed by atoms with van der Waals surface area (Å²) in [6, 6.07) is 18.8. The van der Waals surface area contributed by atoms with E-state index in [1.54, 1.807) is 0 Å². The molecule has 0 saturated carbocycles. The van der Waals surface area contributed by atoms with Crippen LogP contribution in [-0.2, 0) is 0 Å². The zero-order chi connectivity index (χ0) is 13.5. The Balaban J connectivity index is 1.83. The fourth-order valence-electron chi connectivity index (χ4n) is 3.72. The van der Waals surface area contributed by atoms with E-state index in [0.717, 1.165) is 19.6 Å². The first-order valence-corrected chi connectivity index (χ1v) is 7.50. The van der Waals surface area contributed by atoms with Crippen molar-refractivity contribution in [3.63, 3.8) is 0 Å². The van der Waals surface area contributed by atoms with Gasteiger partial charge in [-0.1, -0.05) is 48.5 Å². The highest BCUT2D eigenvalue weighted by Crippen LogP contribution is 2.46. The Morgan fingerprint density at radius 3 is 2.15 bits per heavy atom. The summed E-state index contributed by atoms with van der Waals surface area (Å²) in [6.07, 6.45) is 0. The van der Waals surface area contributed by atoms with E-state index in [9.17, 15) is 0 Å². The van der Waals surface area contributed by atoms with Crippen molar-refractivity contribution >= 4 is 0 Å². The van der Waals surface area contributed by atoms with Crippen molar-refractivity contribution in [1.82, 2.24) is 10.2 Å². The maximum atomic E-state index is 3.54. The molecule has 1 N–H and O–H groups in total. The summed E-state index contributed by atoms with van der Waals surface area (Å²) in [5, 5.41) is 3.54. The van der Waals surface area contributed by atoms with E-state index in [2.05, 4.69) is 65.7 Å². The first kappa shape index (κ1) is 12.1. The molecule has 0 amide bonds. The van der Waals surface area contributed by atoms with Gasteiger partial charge in [0.15, 0.2) is 0 Å². The van der Waals surface area contributed by atoms with E-state index in [4.69, 9.17) is 0 Å². The van der Waals surface area contributed by atoms with Gasteiger partial charge in [0.1, 0.15) is 0 Å². The molecule has 20 heavy (non-hydrogen) atoms. The number of benzene rings is 2. The Kier molecular flexibility index (Phi) is 2.86. The molecule has 1 fully saturated rings. The number of hydrogen-bond donors (Lipinski definition) is 1. The summed E-state index contributed by atoms with van der Waals surface area (Å²) < 4.78 is 0. The third kappa shape index (κ3) is 1.80. The van der Waals surface area contributed by atoms with Crippen LogP contribution in [0.25, 0.3) is 11.1 Å². The number of hydrogen-bond acceptors (Lipinski definition) is 2. The highest BCUT2D eigenvalue weighted by molar-refractivity contribution is 5.78. The van der Waals surface area contributed by atoms with Crippen LogP contribution in [0.3, 0.4) is 0 Å². The lowest BCUT2D eigenvalue weighted by atomic mass is 10.0. The quantitative estimate of drug-likeness (QED) is 0.851. The molecule has 1 aliphatic carbocycles. The largest absolute Gasteiger partial charge is 0.312 e. The summed E-state index contributed by atoms with van der Waals surface area (Å²) in [5.41, 5.74) is 5.78. The van der Waals surface area contributed by atoms with E-state index in [1.165, 1.54) is 22.3 Å². The first-order valence-electron chi connectivity index (χ1n) is 7.50. The number of piperazine rings is 1. The lowest BCUT2D eigenvalue weighted by molar-refractivity contribution is 0.172. The van der Waals surface area contributed by atoms with Crippen LogP contribution in [-0.4, -0.2) is 30.6 Å². The normalized spacial score (nSPS) is 22.6. The molecular formula is C18H20N2. The Bertz CT molecular complexity index is 589. The van der Waals surface area contributed by atoms with Crippen molar-refractivity contribution in [3.8, 4) is 11.1 Å². The molecule has 1 aliphatic heterocycles. The Hall–Kier alpha value is -1.64. The predicted octanol–water partition coefficient (Wildman–Crippen LogP) is 3.05. The Labute approximate surface area is 120 Å². The molecule has 0 aromatic heterocycles. The van der Waals surface area contributed by atoms with E-state index in [-0.39, 0.29) is 0 Å². The number of fused-ring (bicyclic) bond motifs is 3. The van der Waals surface area contributed by atoms with Gasteiger partial charge in [0.05, 0.1) is 6.04 Å². The topological polar surface area (TPSA) is 15.3 Å². The second kappa shape index (κ2) is 4.72. The lowest BCUT2D eigenvalue weighted by Crippen LogP contribution is -2.50. The van der Waals surface area contributed by atoms with Crippen LogP contribution in [0.2, 0.25) is 0 Å². The van der Waals surface area contributed by atoms with E-state index >= 15 is 0 Å². The highest BCUT2D eigenvalue weighted by Gasteiger charge is 2.33. The standard InChI is InChI=1S/C18H20N2/c1-13-12-20(11-10-19-13)18-16-8-4-2-6-14(16)15-7-3-5-9-17(15)18/h2-9,13,18-19H,10-12H2,1H3. The van der Waals surface area contributed by atoms with Gasteiger partial charge in [-0.3, -0.25) is 4.90 Å². The third-order valence-electron chi connectivity index (χ3n) is 4.57. The van der Waals surface area contributed by atoms with Crippen molar-refractivity contribution in [3.05, 3.63) is 59.7 Å². The van der Waals surface area contributed by atoms with Gasteiger partial charge in [-0.15, -0.1) is 0 Å². The lowest BCUT2D eigenvalue weighted by Gasteiger charge is -2.37. The predicted molar refractivity (Wildman–Crippen MR) is 82.8 cm³/mol. The minimum Gasteiger partial charge on any atom is -0.312 e. The summed E-state index contributed by atoms with van der Waals surface area (Å²) in [4.78, 5) is 2.63. The van der Waals surface area contributed by atoms with Crippen molar-refractivity contribution < 1.29 is 0 Å². The van der Waals surface area contributed by atoms with Crippen molar-refractivity contribution in [1.29, 1.82) is 0 Å². The van der Waals surface area contributed by atoms with Crippen LogP contribution in [0.5, 0.6) is 0 Å². The Morgan fingerprint density at radius 2 is 1.55 bits per heavy atom. The molecule has 0 radical (unpaired) electrons. The molecule has 2 aromatic rings. The molecule has 1 heterocycles. The van der Waals surface area contributed by atoms with Crippen molar-refractivity contribution in [2.24, 2.45) is 0 Å². The summed E-state index contributed by atoms with van der Waals surface area (Å²) in [6.45, 7) is 5.60. The molecule has 1 atom stereocenters. The SMILES string of the molecule is CC1CN(C2c3ccccc3-c3ccccc32)CCN1. The minimum atomic E-state index is 0.437. The van der Waals surface area contributed by atoms with Crippen LogP contribution in [0.1, 0.15) is 24.1 Å². The van der Waals surface area contributed by atoms with Gasteiger partial charge < -0.3 is 5.32 Å². The molecule has 2 aromatic carbocycles. The molecule has 1 unspecified atom stereocenters. The summed E-state index contributed by atoms with van der Waals surface area (Å²) >= 11 is 0. The second-order valence-corrected chi connectivity index (χ2v) is 5.93. The van der Waals surface area contributed by atoms with Crippen molar-refractivity contribution in [2.45, 2.75) is 19.0 Å². The van der Waals surface area contributed by atoms with Crippen LogP contribution >= 0.6 is 0 Å². The van der Waals surface area contributed by atoms with Crippen LogP contribution < -0.4 is 5.32 Å². The third-order valence-corrected chi connectivity index (χ3v) is 4.57.